The average molecular weight is 397 g/mol. The van der Waals surface area contributed by atoms with Crippen molar-refractivity contribution in [1.82, 2.24) is 0 Å². The molecular formula is C31H24. The van der Waals surface area contributed by atoms with E-state index in [0.717, 1.165) is 0 Å². The smallest absolute Gasteiger partial charge is 0.0409 e. The summed E-state index contributed by atoms with van der Waals surface area (Å²) in [6, 6.07) is 40.2. The van der Waals surface area contributed by atoms with Crippen LogP contribution < -0.4 is 0 Å². The molecule has 2 aliphatic carbocycles. The Balaban J connectivity index is 1.75. The van der Waals surface area contributed by atoms with Gasteiger partial charge in [0.05, 0.1) is 0 Å². The molecule has 0 nitrogen and oxygen atoms in total. The Kier molecular flexibility index (Phi) is 4.25. The van der Waals surface area contributed by atoms with E-state index in [1.807, 2.05) is 0 Å². The summed E-state index contributed by atoms with van der Waals surface area (Å²) in [6.07, 6.45) is 9.17. The highest BCUT2D eigenvalue weighted by molar-refractivity contribution is 5.81. The second-order valence-electron chi connectivity index (χ2n) is 8.50. The normalized spacial score (nSPS) is 15.2. The number of allylic oxidation sites excluding steroid dienone is 4. The zero-order chi connectivity index (χ0) is 20.7. The first-order valence-electron chi connectivity index (χ1n) is 11.0. The highest BCUT2D eigenvalue weighted by Crippen LogP contribution is 2.59. The minimum Gasteiger partial charge on any atom is -0.0764 e. The van der Waals surface area contributed by atoms with Crippen molar-refractivity contribution >= 4 is 0 Å². The lowest BCUT2D eigenvalue weighted by molar-refractivity contribution is 0.395. The number of fused-ring (bicyclic) bond motifs is 3. The largest absolute Gasteiger partial charge is 0.0764 e. The molecule has 4 aromatic rings. The molecule has 31 heavy (non-hydrogen) atoms. The number of hydrogen-bond acceptors (Lipinski definition) is 0. The Hall–Kier alpha value is -3.64. The number of benzene rings is 4. The van der Waals surface area contributed by atoms with Crippen LogP contribution in [-0.4, -0.2) is 0 Å². The lowest BCUT2D eigenvalue weighted by Crippen LogP contribution is -2.40. The van der Waals surface area contributed by atoms with E-state index in [1.54, 1.807) is 0 Å². The molecule has 2 aliphatic rings. The third-order valence-electron chi connectivity index (χ3n) is 7.07. The van der Waals surface area contributed by atoms with Crippen LogP contribution in [0.2, 0.25) is 0 Å². The van der Waals surface area contributed by atoms with E-state index >= 15 is 0 Å². The first kappa shape index (κ1) is 18.2. The highest BCUT2D eigenvalue weighted by atomic mass is 14.5. The zero-order valence-electron chi connectivity index (χ0n) is 17.4. The van der Waals surface area contributed by atoms with Crippen molar-refractivity contribution in [2.24, 2.45) is 5.92 Å². The Bertz CT molecular complexity index is 1180. The molecule has 0 radical (unpaired) electrons. The molecule has 0 aliphatic heterocycles. The first-order valence-corrected chi connectivity index (χ1v) is 11.0. The molecule has 0 N–H and O–H groups in total. The Morgan fingerprint density at radius 3 is 1.35 bits per heavy atom. The van der Waals surface area contributed by atoms with Crippen molar-refractivity contribution in [3.63, 3.8) is 0 Å². The number of rotatable bonds is 4. The van der Waals surface area contributed by atoms with Crippen LogP contribution in [-0.2, 0) is 5.41 Å². The minimum absolute atomic E-state index is 0.224. The van der Waals surface area contributed by atoms with Crippen LogP contribution in [0.5, 0.6) is 0 Å². The topological polar surface area (TPSA) is 0 Å². The fourth-order valence-corrected chi connectivity index (χ4v) is 5.89. The van der Waals surface area contributed by atoms with E-state index < -0.39 is 0 Å². The second-order valence-corrected chi connectivity index (χ2v) is 8.50. The summed E-state index contributed by atoms with van der Waals surface area (Å²) in [5.74, 6) is 0.489. The molecule has 0 saturated heterocycles. The van der Waals surface area contributed by atoms with Gasteiger partial charge < -0.3 is 0 Å². The molecule has 0 atom stereocenters. The van der Waals surface area contributed by atoms with Crippen LogP contribution in [0.1, 0.15) is 28.2 Å². The predicted molar refractivity (Wildman–Crippen MR) is 129 cm³/mol. The lowest BCUT2D eigenvalue weighted by Gasteiger charge is -2.45. The molecule has 148 valence electrons. The quantitative estimate of drug-likeness (QED) is 0.334. The van der Waals surface area contributed by atoms with Crippen LogP contribution in [0.25, 0.3) is 11.1 Å². The van der Waals surface area contributed by atoms with Crippen molar-refractivity contribution in [3.8, 4) is 11.1 Å². The fraction of sp³-hybridized carbons (Fsp3) is 0.0968. The van der Waals surface area contributed by atoms with E-state index in [-0.39, 0.29) is 17.3 Å². The van der Waals surface area contributed by atoms with Crippen LogP contribution in [0.4, 0.5) is 0 Å². The van der Waals surface area contributed by atoms with E-state index in [1.165, 1.54) is 33.4 Å². The first-order chi connectivity index (χ1) is 15.4. The molecular weight excluding hydrogens is 372 g/mol. The summed E-state index contributed by atoms with van der Waals surface area (Å²) in [7, 11) is 0. The van der Waals surface area contributed by atoms with Crippen molar-refractivity contribution in [1.29, 1.82) is 0 Å². The van der Waals surface area contributed by atoms with Gasteiger partial charge in [-0.2, -0.15) is 0 Å². The third kappa shape index (κ3) is 2.61. The van der Waals surface area contributed by atoms with Gasteiger partial charge in [0.25, 0.3) is 0 Å². The fourth-order valence-electron chi connectivity index (χ4n) is 5.89. The zero-order valence-corrected chi connectivity index (χ0v) is 17.4. The maximum atomic E-state index is 2.38. The van der Waals surface area contributed by atoms with E-state index in [2.05, 4.69) is 133 Å². The van der Waals surface area contributed by atoms with Crippen molar-refractivity contribution < 1.29 is 0 Å². The maximum absolute atomic E-state index is 2.38. The van der Waals surface area contributed by atoms with Gasteiger partial charge in [-0.3, -0.25) is 0 Å². The Labute approximate surface area is 184 Å². The Morgan fingerprint density at radius 2 is 0.871 bits per heavy atom. The van der Waals surface area contributed by atoms with E-state index in [9.17, 15) is 0 Å². The summed E-state index contributed by atoms with van der Waals surface area (Å²) in [4.78, 5) is 0. The van der Waals surface area contributed by atoms with Crippen LogP contribution >= 0.6 is 0 Å². The van der Waals surface area contributed by atoms with Crippen molar-refractivity contribution in [3.05, 3.63) is 156 Å². The molecule has 0 fully saturated rings. The SMILES string of the molecule is C1=CC(C(c2ccccc2)(c2ccccc2)C2c3ccccc3-c3ccccc32)C=C1. The minimum atomic E-state index is -0.241. The molecule has 6 rings (SSSR count). The van der Waals surface area contributed by atoms with Crippen LogP contribution in [0.3, 0.4) is 0 Å². The molecule has 0 spiro atoms. The summed E-state index contributed by atoms with van der Waals surface area (Å²) in [5, 5.41) is 0. The average Bonchev–Trinajstić information content (AvgIpc) is 3.49. The Morgan fingerprint density at radius 1 is 0.452 bits per heavy atom. The van der Waals surface area contributed by atoms with Gasteiger partial charge in [0.1, 0.15) is 0 Å². The summed E-state index contributed by atoms with van der Waals surface area (Å²) >= 11 is 0. The summed E-state index contributed by atoms with van der Waals surface area (Å²) < 4.78 is 0. The third-order valence-corrected chi connectivity index (χ3v) is 7.07. The van der Waals surface area contributed by atoms with Gasteiger partial charge in [0, 0.05) is 17.3 Å². The molecule has 0 heteroatoms. The van der Waals surface area contributed by atoms with Gasteiger partial charge in [-0.1, -0.05) is 133 Å². The lowest BCUT2D eigenvalue weighted by atomic mass is 9.56. The van der Waals surface area contributed by atoms with Crippen molar-refractivity contribution in [2.75, 3.05) is 0 Å². The summed E-state index contributed by atoms with van der Waals surface area (Å²) in [5.41, 5.74) is 8.05. The van der Waals surface area contributed by atoms with Gasteiger partial charge in [0.15, 0.2) is 0 Å². The molecule has 0 unspecified atom stereocenters. The van der Waals surface area contributed by atoms with Gasteiger partial charge in [0.2, 0.25) is 0 Å². The van der Waals surface area contributed by atoms with Crippen molar-refractivity contribution in [2.45, 2.75) is 11.3 Å². The standard InChI is InChI=1S/C31H24/c1-3-13-23(14-4-1)31(25-17-7-8-18-25,24-15-5-2-6-16-24)30-28-21-11-9-19-26(28)27-20-10-12-22-29(27)30/h1-22,25,30H. The van der Waals surface area contributed by atoms with Crippen LogP contribution in [0.15, 0.2) is 133 Å². The number of hydrogen-bond donors (Lipinski definition) is 0. The molecule has 0 heterocycles. The van der Waals surface area contributed by atoms with E-state index in [0.29, 0.717) is 0 Å². The molecule has 0 aromatic heterocycles. The van der Waals surface area contributed by atoms with Crippen LogP contribution in [0, 0.1) is 5.92 Å². The van der Waals surface area contributed by atoms with Gasteiger partial charge in [-0.05, 0) is 33.4 Å². The summed E-state index contributed by atoms with van der Waals surface area (Å²) in [6.45, 7) is 0. The monoisotopic (exact) mass is 396 g/mol. The molecule has 0 bridgehead atoms. The highest BCUT2D eigenvalue weighted by Gasteiger charge is 2.51. The second kappa shape index (κ2) is 7.25. The molecule has 4 aromatic carbocycles. The van der Waals surface area contributed by atoms with Gasteiger partial charge >= 0.3 is 0 Å². The predicted octanol–water partition coefficient (Wildman–Crippen LogP) is 7.53. The maximum Gasteiger partial charge on any atom is 0.0409 e. The van der Waals surface area contributed by atoms with Gasteiger partial charge in [-0.25, -0.2) is 0 Å². The molecule has 0 saturated carbocycles. The molecule has 0 amide bonds. The van der Waals surface area contributed by atoms with Gasteiger partial charge in [-0.15, -0.1) is 0 Å². The van der Waals surface area contributed by atoms with E-state index in [4.69, 9.17) is 0 Å².